The molecule has 0 spiro atoms. The van der Waals surface area contributed by atoms with E-state index < -0.39 is 0 Å². The first-order chi connectivity index (χ1) is 11.3. The molecule has 0 aromatic heterocycles. The predicted octanol–water partition coefficient (Wildman–Crippen LogP) is 3.64. The van der Waals surface area contributed by atoms with Gasteiger partial charge in [0.05, 0.1) is 24.7 Å². The predicted molar refractivity (Wildman–Crippen MR) is 89.0 cm³/mol. The summed E-state index contributed by atoms with van der Waals surface area (Å²) in [7, 11) is 0. The number of hydrogen-bond donors (Lipinski definition) is 0. The molecule has 0 radical (unpaired) electrons. The number of ether oxygens (including phenoxy) is 1. The molecule has 0 saturated carbocycles. The molecular weight excluding hydrogens is 288 g/mol. The molecule has 23 heavy (non-hydrogen) atoms. The molecule has 0 aliphatic rings. The summed E-state index contributed by atoms with van der Waals surface area (Å²) < 4.78 is 5.55. The number of carbonyl (C=O) groups is 1. The number of amides is 1. The van der Waals surface area contributed by atoms with Gasteiger partial charge in [-0.15, -0.1) is 0 Å². The van der Waals surface area contributed by atoms with Crippen LogP contribution in [0.25, 0.3) is 0 Å². The third-order valence-corrected chi connectivity index (χ3v) is 3.41. The van der Waals surface area contributed by atoms with Crippen LogP contribution in [0.4, 0.5) is 0 Å². The van der Waals surface area contributed by atoms with Gasteiger partial charge in [0.2, 0.25) is 0 Å². The lowest BCUT2D eigenvalue weighted by Crippen LogP contribution is -2.31. The van der Waals surface area contributed by atoms with Crippen LogP contribution in [0.15, 0.2) is 54.6 Å². The average molecular weight is 308 g/mol. The first-order valence-electron chi connectivity index (χ1n) is 7.68. The van der Waals surface area contributed by atoms with Crippen molar-refractivity contribution in [2.24, 2.45) is 0 Å². The highest BCUT2D eigenvalue weighted by Gasteiger charge is 2.19. The minimum atomic E-state index is -0.117. The van der Waals surface area contributed by atoms with Gasteiger partial charge in [0.25, 0.3) is 5.91 Å². The maximum Gasteiger partial charge on any atom is 0.257 e. The summed E-state index contributed by atoms with van der Waals surface area (Å²) in [5, 5.41) is 8.86. The van der Waals surface area contributed by atoms with Crippen molar-refractivity contribution in [3.63, 3.8) is 0 Å². The Hall–Kier alpha value is -2.80. The van der Waals surface area contributed by atoms with E-state index in [2.05, 4.69) is 6.07 Å². The Morgan fingerprint density at radius 1 is 1.13 bits per heavy atom. The topological polar surface area (TPSA) is 53.3 Å². The summed E-state index contributed by atoms with van der Waals surface area (Å²) in [5.74, 6) is 0.461. The first kappa shape index (κ1) is 16.6. The molecule has 0 N–H and O–H groups in total. The minimum Gasteiger partial charge on any atom is -0.493 e. The van der Waals surface area contributed by atoms with Crippen LogP contribution in [-0.4, -0.2) is 24.0 Å². The molecule has 1 amide bonds. The molecule has 0 unspecified atom stereocenters. The lowest BCUT2D eigenvalue weighted by atomic mass is 10.1. The van der Waals surface area contributed by atoms with E-state index >= 15 is 0 Å². The number of benzene rings is 2. The van der Waals surface area contributed by atoms with E-state index in [1.54, 1.807) is 17.0 Å². The van der Waals surface area contributed by atoms with Crippen molar-refractivity contribution in [2.45, 2.75) is 19.9 Å². The molecule has 4 nitrogen and oxygen atoms in total. The fourth-order valence-corrected chi connectivity index (χ4v) is 2.34. The molecular formula is C19H20N2O2. The molecule has 0 saturated heterocycles. The fraction of sp³-hybridized carbons (Fsp3) is 0.263. The lowest BCUT2D eigenvalue weighted by molar-refractivity contribution is 0.0742. The van der Waals surface area contributed by atoms with E-state index in [1.165, 1.54) is 0 Å². The molecule has 0 atom stereocenters. The van der Waals surface area contributed by atoms with Gasteiger partial charge >= 0.3 is 0 Å². The number of nitrogens with zero attached hydrogens (tertiary/aromatic N) is 2. The zero-order valence-electron chi connectivity index (χ0n) is 13.2. The van der Waals surface area contributed by atoms with E-state index in [4.69, 9.17) is 10.00 Å². The van der Waals surface area contributed by atoms with Crippen molar-refractivity contribution < 1.29 is 9.53 Å². The largest absolute Gasteiger partial charge is 0.493 e. The van der Waals surface area contributed by atoms with Crippen LogP contribution in [-0.2, 0) is 6.54 Å². The summed E-state index contributed by atoms with van der Waals surface area (Å²) in [6.07, 6.45) is 0.301. The van der Waals surface area contributed by atoms with Crippen LogP contribution in [0.2, 0.25) is 0 Å². The Kier molecular flexibility index (Phi) is 6.19. The van der Waals surface area contributed by atoms with Gasteiger partial charge in [-0.25, -0.2) is 0 Å². The number of carbonyl (C=O) groups excluding carboxylic acids is 1. The third kappa shape index (κ3) is 4.58. The standard InChI is InChI=1S/C19H20N2O2/c1-2-23-18-12-7-6-11-17(18)19(22)21(14-8-13-20)15-16-9-4-3-5-10-16/h3-7,9-12H,2,8,14-15H2,1H3. The fourth-order valence-electron chi connectivity index (χ4n) is 2.34. The maximum atomic E-state index is 12.9. The first-order valence-corrected chi connectivity index (χ1v) is 7.68. The molecule has 0 bridgehead atoms. The highest BCUT2D eigenvalue weighted by molar-refractivity contribution is 5.96. The number of nitriles is 1. The molecule has 0 fully saturated rings. The van der Waals surface area contributed by atoms with Gasteiger partial charge in [-0.2, -0.15) is 5.26 Å². The van der Waals surface area contributed by atoms with E-state index in [1.807, 2.05) is 49.4 Å². The van der Waals surface area contributed by atoms with Crippen LogP contribution in [0, 0.1) is 11.3 Å². The molecule has 4 heteroatoms. The molecule has 118 valence electrons. The van der Waals surface area contributed by atoms with Gasteiger partial charge in [0, 0.05) is 13.1 Å². The summed E-state index contributed by atoms with van der Waals surface area (Å²) in [6, 6.07) is 19.1. The number of rotatable bonds is 7. The number of para-hydroxylation sites is 1. The Balaban J connectivity index is 2.24. The molecule has 0 aliphatic heterocycles. The monoisotopic (exact) mass is 308 g/mol. The van der Waals surface area contributed by atoms with E-state index in [0.717, 1.165) is 5.56 Å². The zero-order valence-corrected chi connectivity index (χ0v) is 13.2. The smallest absolute Gasteiger partial charge is 0.257 e. The van der Waals surface area contributed by atoms with Crippen molar-refractivity contribution in [3.05, 3.63) is 65.7 Å². The summed E-state index contributed by atoms with van der Waals surface area (Å²) in [6.45, 7) is 3.26. The quantitative estimate of drug-likeness (QED) is 0.784. The van der Waals surface area contributed by atoms with Gasteiger partial charge in [0.1, 0.15) is 5.75 Å². The second kappa shape index (κ2) is 8.60. The Bertz CT molecular complexity index is 677. The van der Waals surface area contributed by atoms with Gasteiger partial charge in [-0.05, 0) is 24.6 Å². The van der Waals surface area contributed by atoms with Gasteiger partial charge < -0.3 is 9.64 Å². The minimum absolute atomic E-state index is 0.117. The van der Waals surface area contributed by atoms with E-state index in [0.29, 0.717) is 37.4 Å². The van der Waals surface area contributed by atoms with Crippen LogP contribution in [0.5, 0.6) is 5.75 Å². The highest BCUT2D eigenvalue weighted by Crippen LogP contribution is 2.21. The summed E-state index contributed by atoms with van der Waals surface area (Å²) in [4.78, 5) is 14.6. The summed E-state index contributed by atoms with van der Waals surface area (Å²) in [5.41, 5.74) is 1.57. The van der Waals surface area contributed by atoms with Crippen LogP contribution < -0.4 is 4.74 Å². The van der Waals surface area contributed by atoms with Crippen molar-refractivity contribution in [2.75, 3.05) is 13.2 Å². The van der Waals surface area contributed by atoms with Crippen LogP contribution in [0.1, 0.15) is 29.3 Å². The Labute approximate surface area is 136 Å². The average Bonchev–Trinajstić information content (AvgIpc) is 2.60. The Morgan fingerprint density at radius 3 is 2.52 bits per heavy atom. The van der Waals surface area contributed by atoms with Crippen LogP contribution in [0.3, 0.4) is 0 Å². The van der Waals surface area contributed by atoms with E-state index in [-0.39, 0.29) is 5.91 Å². The van der Waals surface area contributed by atoms with Gasteiger partial charge in [0.15, 0.2) is 0 Å². The van der Waals surface area contributed by atoms with Gasteiger partial charge in [-0.3, -0.25) is 4.79 Å². The van der Waals surface area contributed by atoms with Gasteiger partial charge in [-0.1, -0.05) is 42.5 Å². The number of hydrogen-bond acceptors (Lipinski definition) is 3. The SMILES string of the molecule is CCOc1ccccc1C(=O)N(CCC#N)Cc1ccccc1. The molecule has 2 aromatic rings. The van der Waals surface area contributed by atoms with Crippen molar-refractivity contribution in [1.29, 1.82) is 5.26 Å². The van der Waals surface area contributed by atoms with Crippen molar-refractivity contribution in [3.8, 4) is 11.8 Å². The normalized spacial score (nSPS) is 9.91. The summed E-state index contributed by atoms with van der Waals surface area (Å²) >= 11 is 0. The molecule has 2 aromatic carbocycles. The molecule has 2 rings (SSSR count). The van der Waals surface area contributed by atoms with Crippen molar-refractivity contribution in [1.82, 2.24) is 4.90 Å². The maximum absolute atomic E-state index is 12.9. The van der Waals surface area contributed by atoms with Crippen molar-refractivity contribution >= 4 is 5.91 Å². The second-order valence-electron chi connectivity index (χ2n) is 5.05. The van der Waals surface area contributed by atoms with E-state index in [9.17, 15) is 4.79 Å². The lowest BCUT2D eigenvalue weighted by Gasteiger charge is -2.23. The third-order valence-electron chi connectivity index (χ3n) is 3.41. The molecule has 0 heterocycles. The molecule has 0 aliphatic carbocycles. The zero-order chi connectivity index (χ0) is 16.5. The Morgan fingerprint density at radius 2 is 1.83 bits per heavy atom. The highest BCUT2D eigenvalue weighted by atomic mass is 16.5. The second-order valence-corrected chi connectivity index (χ2v) is 5.05. The van der Waals surface area contributed by atoms with Crippen LogP contribution >= 0.6 is 0 Å².